The van der Waals surface area contributed by atoms with Crippen molar-refractivity contribution in [1.29, 1.82) is 0 Å². The van der Waals surface area contributed by atoms with Crippen LogP contribution in [0.5, 0.6) is 0 Å². The van der Waals surface area contributed by atoms with Crippen LogP contribution in [-0.4, -0.2) is 33.3 Å². The van der Waals surface area contributed by atoms with Gasteiger partial charge >= 0.3 is 18.3 Å². The lowest BCUT2D eigenvalue weighted by molar-refractivity contribution is -0.142. The zero-order valence-corrected chi connectivity index (χ0v) is 19.2. The average molecular weight is 526 g/mol. The second-order valence-corrected chi connectivity index (χ2v) is 8.47. The number of benzene rings is 2. The van der Waals surface area contributed by atoms with Crippen LogP contribution >= 0.6 is 0 Å². The smallest absolute Gasteiger partial charge is 0.436 e. The molecule has 0 spiro atoms. The Labute approximate surface area is 206 Å². The standard InChI is InChI=1S/C24H20F6N4O3/c1-13(14-6-8-15(9-7-14)22(36)37)31-20(35)18-19(24(28,29)30)32-34-11-10-33(21(18)34)12-16-4-2-3-5-17(16)23(25,26)27/h2-9,13H,10-12H2,1H3,(H,31,35)(H,36,37). The fourth-order valence-electron chi connectivity index (χ4n) is 4.22. The molecule has 2 heterocycles. The molecule has 0 saturated carbocycles. The normalized spacial score (nSPS) is 14.4. The minimum atomic E-state index is -4.99. The van der Waals surface area contributed by atoms with E-state index in [0.717, 1.165) is 10.7 Å². The van der Waals surface area contributed by atoms with Gasteiger partial charge in [-0.25, -0.2) is 9.48 Å². The minimum absolute atomic E-state index is 0.00846. The zero-order chi connectivity index (χ0) is 27.1. The van der Waals surface area contributed by atoms with Crippen molar-refractivity contribution in [3.05, 3.63) is 82.0 Å². The highest BCUT2D eigenvalue weighted by molar-refractivity contribution is 6.01. The molecule has 7 nitrogen and oxygen atoms in total. The largest absolute Gasteiger partial charge is 0.478 e. The van der Waals surface area contributed by atoms with E-state index < -0.39 is 47.1 Å². The van der Waals surface area contributed by atoms with Crippen LogP contribution in [0.3, 0.4) is 0 Å². The molecule has 1 atom stereocenters. The predicted octanol–water partition coefficient (Wildman–Crippen LogP) is 5.13. The number of amides is 1. The first-order valence-corrected chi connectivity index (χ1v) is 11.0. The zero-order valence-electron chi connectivity index (χ0n) is 19.2. The van der Waals surface area contributed by atoms with E-state index in [2.05, 4.69) is 10.4 Å². The maximum Gasteiger partial charge on any atom is 0.436 e. The fourth-order valence-corrected chi connectivity index (χ4v) is 4.22. The lowest BCUT2D eigenvalue weighted by atomic mass is 10.0. The molecule has 1 unspecified atom stereocenters. The number of carboxylic acid groups (broad SMARTS) is 1. The molecule has 1 amide bonds. The summed E-state index contributed by atoms with van der Waals surface area (Å²) in [7, 11) is 0. The van der Waals surface area contributed by atoms with Crippen LogP contribution in [0.15, 0.2) is 48.5 Å². The van der Waals surface area contributed by atoms with Crippen LogP contribution in [0.1, 0.15) is 56.1 Å². The van der Waals surface area contributed by atoms with E-state index in [1.165, 1.54) is 54.3 Å². The van der Waals surface area contributed by atoms with Gasteiger partial charge in [-0.3, -0.25) is 4.79 Å². The van der Waals surface area contributed by atoms with Crippen LogP contribution < -0.4 is 10.2 Å². The number of halogens is 6. The molecule has 1 aliphatic rings. The Hall–Kier alpha value is -4.03. The predicted molar refractivity (Wildman–Crippen MR) is 119 cm³/mol. The summed E-state index contributed by atoms with van der Waals surface area (Å²) in [6.07, 6.45) is -9.66. The number of hydrogen-bond acceptors (Lipinski definition) is 4. The Balaban J connectivity index is 1.68. The van der Waals surface area contributed by atoms with Crippen LogP contribution in [0.2, 0.25) is 0 Å². The fraction of sp³-hybridized carbons (Fsp3) is 0.292. The second kappa shape index (κ2) is 9.45. The van der Waals surface area contributed by atoms with Gasteiger partial charge in [0.05, 0.1) is 23.7 Å². The maximum atomic E-state index is 13.8. The van der Waals surface area contributed by atoms with Crippen LogP contribution in [-0.2, 0) is 25.4 Å². The van der Waals surface area contributed by atoms with Crippen molar-refractivity contribution in [2.45, 2.75) is 38.4 Å². The summed E-state index contributed by atoms with van der Waals surface area (Å²) in [5.41, 5.74) is -2.88. The third-order valence-corrected chi connectivity index (χ3v) is 5.99. The van der Waals surface area contributed by atoms with Gasteiger partial charge in [-0.2, -0.15) is 31.4 Å². The van der Waals surface area contributed by atoms with Gasteiger partial charge in [0.25, 0.3) is 5.91 Å². The van der Waals surface area contributed by atoms with Crippen molar-refractivity contribution < 1.29 is 41.0 Å². The molecule has 0 radical (unpaired) electrons. The number of carbonyl (C=O) groups is 2. The number of fused-ring (bicyclic) bond motifs is 1. The molecule has 1 aromatic heterocycles. The minimum Gasteiger partial charge on any atom is -0.478 e. The van der Waals surface area contributed by atoms with Gasteiger partial charge in [-0.1, -0.05) is 30.3 Å². The molecule has 0 bridgehead atoms. The molecule has 1 aliphatic heterocycles. The van der Waals surface area contributed by atoms with Crippen molar-refractivity contribution in [3.63, 3.8) is 0 Å². The highest BCUT2D eigenvalue weighted by Gasteiger charge is 2.44. The lowest BCUT2D eigenvalue weighted by Gasteiger charge is -2.22. The Morgan fingerprint density at radius 1 is 1.00 bits per heavy atom. The SMILES string of the molecule is CC(NC(=O)c1c(C(F)(F)F)nn2c1N(Cc1ccccc1C(F)(F)F)CC2)c1ccc(C(=O)O)cc1. The molecule has 4 rings (SSSR count). The van der Waals surface area contributed by atoms with Crippen molar-refractivity contribution in [2.75, 3.05) is 11.4 Å². The van der Waals surface area contributed by atoms with E-state index in [1.54, 1.807) is 0 Å². The Bertz CT molecular complexity index is 1330. The quantitative estimate of drug-likeness (QED) is 0.435. The molecule has 2 N–H and O–H groups in total. The molecule has 37 heavy (non-hydrogen) atoms. The van der Waals surface area contributed by atoms with Crippen molar-refractivity contribution >= 4 is 17.7 Å². The van der Waals surface area contributed by atoms with E-state index in [-0.39, 0.29) is 36.6 Å². The van der Waals surface area contributed by atoms with E-state index >= 15 is 0 Å². The van der Waals surface area contributed by atoms with Crippen LogP contribution in [0.4, 0.5) is 32.2 Å². The first-order valence-electron chi connectivity index (χ1n) is 11.0. The number of hydrogen-bond donors (Lipinski definition) is 2. The number of aromatic nitrogens is 2. The number of carboxylic acids is 1. The molecule has 13 heteroatoms. The van der Waals surface area contributed by atoms with Crippen molar-refractivity contribution in [2.24, 2.45) is 0 Å². The summed E-state index contributed by atoms with van der Waals surface area (Å²) in [5.74, 6) is -2.50. The summed E-state index contributed by atoms with van der Waals surface area (Å²) < 4.78 is 82.9. The molecule has 2 aromatic carbocycles. The topological polar surface area (TPSA) is 87.5 Å². The molecular formula is C24H20F6N4O3. The summed E-state index contributed by atoms with van der Waals surface area (Å²) in [6.45, 7) is 1.12. The number of rotatable bonds is 6. The summed E-state index contributed by atoms with van der Waals surface area (Å²) in [5, 5.41) is 15.0. The van der Waals surface area contributed by atoms with Crippen molar-refractivity contribution in [1.82, 2.24) is 15.1 Å². The van der Waals surface area contributed by atoms with E-state index in [1.807, 2.05) is 0 Å². The Kier molecular flexibility index (Phi) is 6.65. The molecule has 0 aliphatic carbocycles. The number of nitrogens with one attached hydrogen (secondary N) is 1. The van der Waals surface area contributed by atoms with Crippen molar-refractivity contribution in [3.8, 4) is 0 Å². The van der Waals surface area contributed by atoms with Gasteiger partial charge in [0.1, 0.15) is 11.4 Å². The number of aromatic carboxylic acids is 1. The van der Waals surface area contributed by atoms with Gasteiger partial charge in [-0.15, -0.1) is 0 Å². The van der Waals surface area contributed by atoms with E-state index in [9.17, 15) is 35.9 Å². The Morgan fingerprint density at radius 3 is 2.24 bits per heavy atom. The number of alkyl halides is 6. The van der Waals surface area contributed by atoms with Crippen LogP contribution in [0.25, 0.3) is 0 Å². The summed E-state index contributed by atoms with van der Waals surface area (Å²) in [4.78, 5) is 25.5. The van der Waals surface area contributed by atoms with Gasteiger partial charge in [0, 0.05) is 13.1 Å². The number of anilines is 1. The lowest BCUT2D eigenvalue weighted by Crippen LogP contribution is -2.31. The second-order valence-electron chi connectivity index (χ2n) is 8.47. The maximum absolute atomic E-state index is 13.8. The molecule has 196 valence electrons. The highest BCUT2D eigenvalue weighted by atomic mass is 19.4. The van der Waals surface area contributed by atoms with Gasteiger partial charge in [0.15, 0.2) is 5.69 Å². The van der Waals surface area contributed by atoms with Gasteiger partial charge in [-0.05, 0) is 36.2 Å². The number of nitrogens with zero attached hydrogens (tertiary/aromatic N) is 3. The van der Waals surface area contributed by atoms with E-state index in [4.69, 9.17) is 5.11 Å². The van der Waals surface area contributed by atoms with Crippen LogP contribution in [0, 0.1) is 0 Å². The third-order valence-electron chi connectivity index (χ3n) is 5.99. The summed E-state index contributed by atoms with van der Waals surface area (Å²) in [6, 6.07) is 9.33. The first-order chi connectivity index (χ1) is 17.3. The molecule has 0 fully saturated rings. The Morgan fingerprint density at radius 2 is 1.65 bits per heavy atom. The average Bonchev–Trinajstić information content (AvgIpc) is 3.39. The number of carbonyl (C=O) groups excluding carboxylic acids is 1. The summed E-state index contributed by atoms with van der Waals surface area (Å²) >= 11 is 0. The molecular weight excluding hydrogens is 506 g/mol. The monoisotopic (exact) mass is 526 g/mol. The first kappa shape index (κ1) is 26.0. The van der Waals surface area contributed by atoms with Gasteiger partial charge < -0.3 is 15.3 Å². The third kappa shape index (κ3) is 5.25. The van der Waals surface area contributed by atoms with E-state index in [0.29, 0.717) is 5.56 Å². The highest BCUT2D eigenvalue weighted by Crippen LogP contribution is 2.40. The molecule has 3 aromatic rings. The van der Waals surface area contributed by atoms with Gasteiger partial charge in [0.2, 0.25) is 0 Å². The molecule has 0 saturated heterocycles.